The van der Waals surface area contributed by atoms with E-state index in [9.17, 15) is 14.9 Å². The monoisotopic (exact) mass is 541 g/mol. The zero-order chi connectivity index (χ0) is 27.4. The predicted octanol–water partition coefficient (Wildman–Crippen LogP) is 5.81. The van der Waals surface area contributed by atoms with Crippen molar-refractivity contribution in [2.45, 2.75) is 31.8 Å². The summed E-state index contributed by atoms with van der Waals surface area (Å²) in [7, 11) is 0. The van der Waals surface area contributed by atoms with E-state index in [4.69, 9.17) is 16.6 Å². The van der Waals surface area contributed by atoms with Gasteiger partial charge in [0, 0.05) is 30.9 Å². The highest BCUT2D eigenvalue weighted by Crippen LogP contribution is 2.41. The Labute approximate surface area is 231 Å². The number of para-hydroxylation sites is 2. The van der Waals surface area contributed by atoms with Gasteiger partial charge in [0.05, 0.1) is 22.2 Å². The Kier molecular flexibility index (Phi) is 7.64. The van der Waals surface area contributed by atoms with Gasteiger partial charge >= 0.3 is 0 Å². The number of thiocarbonyl (C=S) groups is 1. The highest BCUT2D eigenvalue weighted by molar-refractivity contribution is 7.80. The maximum absolute atomic E-state index is 12.9. The lowest BCUT2D eigenvalue weighted by atomic mass is 10.0. The molecule has 0 saturated carbocycles. The van der Waals surface area contributed by atoms with Crippen LogP contribution in [0.2, 0.25) is 0 Å². The molecule has 10 heteroatoms. The van der Waals surface area contributed by atoms with Crippen LogP contribution in [0.25, 0.3) is 11.3 Å². The SMILES string of the molecule is CCc1ccccc1NC(=O)CCN1C(=S)N[C@H](c2ccccn2)[C@@H]1c1ccc(-c2ccccc2[N+](=O)[O-])o1. The van der Waals surface area contributed by atoms with Gasteiger partial charge in [-0.15, -0.1) is 0 Å². The third kappa shape index (κ3) is 5.51. The molecule has 1 amide bonds. The largest absolute Gasteiger partial charge is 0.459 e. The highest BCUT2D eigenvalue weighted by atomic mass is 32.1. The first-order chi connectivity index (χ1) is 19.0. The number of nitrogens with one attached hydrogen (secondary N) is 2. The number of aryl methyl sites for hydroxylation is 1. The van der Waals surface area contributed by atoms with Crippen molar-refractivity contribution < 1.29 is 14.1 Å². The normalized spacial score (nSPS) is 16.6. The Morgan fingerprint density at radius 3 is 2.64 bits per heavy atom. The third-order valence-electron chi connectivity index (χ3n) is 6.73. The molecular weight excluding hydrogens is 514 g/mol. The molecular formula is C29H27N5O4S. The number of furan rings is 1. The maximum Gasteiger partial charge on any atom is 0.280 e. The number of pyridine rings is 1. The van der Waals surface area contributed by atoms with Crippen LogP contribution < -0.4 is 10.6 Å². The molecule has 198 valence electrons. The number of hydrogen-bond acceptors (Lipinski definition) is 6. The molecule has 2 aromatic carbocycles. The fourth-order valence-electron chi connectivity index (χ4n) is 4.84. The van der Waals surface area contributed by atoms with Crippen molar-refractivity contribution in [3.05, 3.63) is 112 Å². The molecule has 2 atom stereocenters. The van der Waals surface area contributed by atoms with E-state index in [0.29, 0.717) is 28.7 Å². The van der Waals surface area contributed by atoms with Crippen LogP contribution in [0.3, 0.4) is 0 Å². The number of rotatable bonds is 9. The Balaban J connectivity index is 1.42. The molecule has 2 aromatic heterocycles. The van der Waals surface area contributed by atoms with Gasteiger partial charge in [-0.1, -0.05) is 43.3 Å². The number of nitro benzene ring substituents is 1. The average Bonchev–Trinajstić information content (AvgIpc) is 3.57. The number of anilines is 1. The van der Waals surface area contributed by atoms with Gasteiger partial charge in [0.15, 0.2) is 5.11 Å². The third-order valence-corrected chi connectivity index (χ3v) is 7.09. The van der Waals surface area contributed by atoms with Crippen molar-refractivity contribution >= 4 is 34.6 Å². The first-order valence-corrected chi connectivity index (χ1v) is 13.1. The van der Waals surface area contributed by atoms with Crippen molar-refractivity contribution in [3.63, 3.8) is 0 Å². The summed E-state index contributed by atoms with van der Waals surface area (Å²) < 4.78 is 6.23. The molecule has 1 saturated heterocycles. The van der Waals surface area contributed by atoms with Gasteiger partial charge in [-0.2, -0.15) is 0 Å². The molecule has 2 N–H and O–H groups in total. The van der Waals surface area contributed by atoms with E-state index >= 15 is 0 Å². The predicted molar refractivity (Wildman–Crippen MR) is 152 cm³/mol. The second kappa shape index (κ2) is 11.4. The standard InChI is InChI=1S/C29H27N5O4S/c1-2-19-9-3-5-11-21(19)31-26(35)16-18-33-28(27(32-29(33)39)22-12-7-8-17-30-22)25-15-14-24(38-25)20-10-4-6-13-23(20)34(36)37/h3-15,17,27-28H,2,16,18H2,1H3,(H,31,35)(H,32,39)/t27-,28+/m1/s1. The number of benzene rings is 2. The van der Waals surface area contributed by atoms with Crippen LogP contribution in [-0.2, 0) is 11.2 Å². The van der Waals surface area contributed by atoms with E-state index in [1.54, 1.807) is 36.5 Å². The summed E-state index contributed by atoms with van der Waals surface area (Å²) in [6, 6.07) is 22.6. The number of amides is 1. The van der Waals surface area contributed by atoms with Crippen LogP contribution in [0, 0.1) is 10.1 Å². The molecule has 0 radical (unpaired) electrons. The second-order valence-electron chi connectivity index (χ2n) is 9.11. The zero-order valence-electron chi connectivity index (χ0n) is 21.2. The van der Waals surface area contributed by atoms with Crippen LogP contribution in [0.1, 0.15) is 42.4 Å². The van der Waals surface area contributed by atoms with Gasteiger partial charge in [0.2, 0.25) is 5.91 Å². The minimum atomic E-state index is -0.428. The molecule has 9 nitrogen and oxygen atoms in total. The summed E-state index contributed by atoms with van der Waals surface area (Å²) in [5, 5.41) is 18.4. The van der Waals surface area contributed by atoms with E-state index in [2.05, 4.69) is 15.6 Å². The average molecular weight is 542 g/mol. The van der Waals surface area contributed by atoms with Crippen LogP contribution >= 0.6 is 12.2 Å². The number of nitrogens with zero attached hydrogens (tertiary/aromatic N) is 3. The highest BCUT2D eigenvalue weighted by Gasteiger charge is 2.41. The lowest BCUT2D eigenvalue weighted by Crippen LogP contribution is -2.32. The molecule has 39 heavy (non-hydrogen) atoms. The van der Waals surface area contributed by atoms with Crippen molar-refractivity contribution in [1.29, 1.82) is 0 Å². The molecule has 4 aromatic rings. The molecule has 1 aliphatic heterocycles. The van der Waals surface area contributed by atoms with Crippen LogP contribution in [-0.4, -0.2) is 32.4 Å². The Morgan fingerprint density at radius 2 is 1.87 bits per heavy atom. The van der Waals surface area contributed by atoms with E-state index in [-0.39, 0.29) is 24.1 Å². The molecule has 0 unspecified atom stereocenters. The summed E-state index contributed by atoms with van der Waals surface area (Å²) >= 11 is 5.70. The minimum absolute atomic E-state index is 0.0411. The number of aromatic nitrogens is 1. The van der Waals surface area contributed by atoms with Crippen molar-refractivity contribution in [2.75, 3.05) is 11.9 Å². The van der Waals surface area contributed by atoms with Crippen molar-refractivity contribution in [1.82, 2.24) is 15.2 Å². The maximum atomic E-state index is 12.9. The first-order valence-electron chi connectivity index (χ1n) is 12.7. The van der Waals surface area contributed by atoms with Crippen molar-refractivity contribution in [2.24, 2.45) is 0 Å². The minimum Gasteiger partial charge on any atom is -0.459 e. The summed E-state index contributed by atoms with van der Waals surface area (Å²) in [6.45, 7) is 2.38. The first kappa shape index (κ1) is 26.1. The Hall–Kier alpha value is -4.57. The number of nitro groups is 1. The fraction of sp³-hybridized carbons (Fsp3) is 0.207. The number of hydrogen-bond donors (Lipinski definition) is 2. The number of carbonyl (C=O) groups is 1. The van der Waals surface area contributed by atoms with Gasteiger partial charge < -0.3 is 20.0 Å². The van der Waals surface area contributed by atoms with Gasteiger partial charge in [0.1, 0.15) is 17.6 Å². The fourth-order valence-corrected chi connectivity index (χ4v) is 5.17. The van der Waals surface area contributed by atoms with Crippen molar-refractivity contribution in [3.8, 4) is 11.3 Å². The topological polar surface area (TPSA) is 114 Å². The molecule has 0 aliphatic carbocycles. The number of carbonyl (C=O) groups excluding carboxylic acids is 1. The van der Waals surface area contributed by atoms with E-state index in [0.717, 1.165) is 23.4 Å². The summed E-state index contributed by atoms with van der Waals surface area (Å²) in [6.07, 6.45) is 2.72. The van der Waals surface area contributed by atoms with Gasteiger partial charge in [0.25, 0.3) is 5.69 Å². The second-order valence-corrected chi connectivity index (χ2v) is 9.49. The molecule has 1 fully saturated rings. The van der Waals surface area contributed by atoms with Crippen LogP contribution in [0.5, 0.6) is 0 Å². The molecule has 1 aliphatic rings. The molecule has 3 heterocycles. The Bertz CT molecular complexity index is 1510. The van der Waals surface area contributed by atoms with Gasteiger partial charge in [-0.3, -0.25) is 19.9 Å². The van der Waals surface area contributed by atoms with Gasteiger partial charge in [-0.25, -0.2) is 0 Å². The molecule has 0 bridgehead atoms. The summed E-state index contributed by atoms with van der Waals surface area (Å²) in [5.41, 5.74) is 2.97. The van der Waals surface area contributed by atoms with Crippen LogP contribution in [0.15, 0.2) is 89.5 Å². The van der Waals surface area contributed by atoms with Gasteiger partial charge in [-0.05, 0) is 60.6 Å². The summed E-state index contributed by atoms with van der Waals surface area (Å²) in [4.78, 5) is 30.5. The Morgan fingerprint density at radius 1 is 1.10 bits per heavy atom. The lowest BCUT2D eigenvalue weighted by Gasteiger charge is -2.26. The summed E-state index contributed by atoms with van der Waals surface area (Å²) in [5.74, 6) is 0.811. The quantitative estimate of drug-likeness (QED) is 0.155. The van der Waals surface area contributed by atoms with Crippen LogP contribution in [0.4, 0.5) is 11.4 Å². The lowest BCUT2D eigenvalue weighted by molar-refractivity contribution is -0.384. The molecule has 5 rings (SSSR count). The molecule has 0 spiro atoms. The zero-order valence-corrected chi connectivity index (χ0v) is 22.1. The van der Waals surface area contributed by atoms with E-state index in [1.807, 2.05) is 54.3 Å². The van der Waals surface area contributed by atoms with E-state index < -0.39 is 11.0 Å². The van der Waals surface area contributed by atoms with E-state index in [1.165, 1.54) is 6.07 Å². The smallest absolute Gasteiger partial charge is 0.280 e.